The van der Waals surface area contributed by atoms with Gasteiger partial charge in [-0.15, -0.1) is 0 Å². The lowest BCUT2D eigenvalue weighted by atomic mass is 10.1. The van der Waals surface area contributed by atoms with Gasteiger partial charge in [-0.25, -0.2) is 0 Å². The average Bonchev–Trinajstić information content (AvgIpc) is 2.44. The molecule has 1 amide bonds. The van der Waals surface area contributed by atoms with Crippen LogP contribution in [0, 0.1) is 6.92 Å². The second-order valence-corrected chi connectivity index (χ2v) is 5.42. The highest BCUT2D eigenvalue weighted by Gasteiger charge is 2.11. The van der Waals surface area contributed by atoms with E-state index in [1.165, 1.54) is 0 Å². The maximum atomic E-state index is 12.2. The van der Waals surface area contributed by atoms with E-state index in [2.05, 4.69) is 0 Å². The molecule has 0 radical (unpaired) electrons. The highest BCUT2D eigenvalue weighted by atomic mass is 35.5. The Kier molecular flexibility index (Phi) is 4.80. The Morgan fingerprint density at radius 1 is 1.10 bits per heavy atom. The van der Waals surface area contributed by atoms with Gasteiger partial charge in [0.05, 0.1) is 6.42 Å². The van der Waals surface area contributed by atoms with Gasteiger partial charge in [-0.1, -0.05) is 48.0 Å². The standard InChI is InChI=1S/C17H18ClNO/c1-13-5-3-4-6-15(13)11-17(20)19(2)12-14-7-9-16(18)10-8-14/h3-10H,11-12H2,1-2H3. The molecule has 2 aromatic rings. The summed E-state index contributed by atoms with van der Waals surface area (Å²) in [6.45, 7) is 2.63. The summed E-state index contributed by atoms with van der Waals surface area (Å²) < 4.78 is 0. The van der Waals surface area contributed by atoms with Gasteiger partial charge in [-0.05, 0) is 35.7 Å². The Bertz CT molecular complexity index is 592. The number of amides is 1. The predicted molar refractivity (Wildman–Crippen MR) is 82.8 cm³/mol. The van der Waals surface area contributed by atoms with E-state index in [1.807, 2.05) is 62.5 Å². The first-order chi connectivity index (χ1) is 9.56. The number of halogens is 1. The minimum Gasteiger partial charge on any atom is -0.341 e. The number of nitrogens with zero attached hydrogens (tertiary/aromatic N) is 1. The highest BCUT2D eigenvalue weighted by molar-refractivity contribution is 6.30. The lowest BCUT2D eigenvalue weighted by molar-refractivity contribution is -0.129. The molecule has 0 fully saturated rings. The van der Waals surface area contributed by atoms with Crippen LogP contribution >= 0.6 is 11.6 Å². The Morgan fingerprint density at radius 3 is 2.40 bits per heavy atom. The van der Waals surface area contributed by atoms with Crippen molar-refractivity contribution in [1.82, 2.24) is 4.90 Å². The van der Waals surface area contributed by atoms with Crippen molar-refractivity contribution in [2.45, 2.75) is 19.9 Å². The van der Waals surface area contributed by atoms with Crippen LogP contribution in [0.1, 0.15) is 16.7 Å². The first kappa shape index (κ1) is 14.6. The van der Waals surface area contributed by atoms with Gasteiger partial charge in [-0.2, -0.15) is 0 Å². The first-order valence-corrected chi connectivity index (χ1v) is 6.97. The minimum absolute atomic E-state index is 0.120. The molecule has 104 valence electrons. The molecule has 20 heavy (non-hydrogen) atoms. The number of likely N-dealkylation sites (N-methyl/N-ethyl adjacent to an activating group) is 1. The van der Waals surface area contributed by atoms with Gasteiger partial charge in [0.1, 0.15) is 0 Å². The number of hydrogen-bond donors (Lipinski definition) is 0. The van der Waals surface area contributed by atoms with Crippen molar-refractivity contribution in [3.8, 4) is 0 Å². The third-order valence-corrected chi connectivity index (χ3v) is 3.61. The zero-order valence-corrected chi connectivity index (χ0v) is 12.5. The number of carbonyl (C=O) groups is 1. The van der Waals surface area contributed by atoms with Crippen LogP contribution in [0.3, 0.4) is 0 Å². The first-order valence-electron chi connectivity index (χ1n) is 6.59. The Morgan fingerprint density at radius 2 is 1.75 bits per heavy atom. The maximum Gasteiger partial charge on any atom is 0.227 e. The molecule has 0 heterocycles. The van der Waals surface area contributed by atoms with Crippen LogP contribution in [-0.2, 0) is 17.8 Å². The van der Waals surface area contributed by atoms with E-state index in [9.17, 15) is 4.79 Å². The molecule has 0 aromatic heterocycles. The Hall–Kier alpha value is -1.80. The molecule has 0 atom stereocenters. The van der Waals surface area contributed by atoms with Gasteiger partial charge in [-0.3, -0.25) is 4.79 Å². The van der Waals surface area contributed by atoms with E-state index in [-0.39, 0.29) is 5.91 Å². The molecule has 0 spiro atoms. The fourth-order valence-electron chi connectivity index (χ4n) is 2.06. The second-order valence-electron chi connectivity index (χ2n) is 4.98. The molecule has 0 aliphatic rings. The molecular formula is C17H18ClNO. The van der Waals surface area contributed by atoms with Crippen molar-refractivity contribution in [3.63, 3.8) is 0 Å². The molecule has 2 nitrogen and oxygen atoms in total. The summed E-state index contributed by atoms with van der Waals surface area (Å²) in [7, 11) is 1.83. The minimum atomic E-state index is 0.120. The molecular weight excluding hydrogens is 270 g/mol. The van der Waals surface area contributed by atoms with Crippen LogP contribution in [0.5, 0.6) is 0 Å². The van der Waals surface area contributed by atoms with E-state index in [4.69, 9.17) is 11.6 Å². The van der Waals surface area contributed by atoms with E-state index in [0.29, 0.717) is 18.0 Å². The lowest BCUT2D eigenvalue weighted by Gasteiger charge is -2.18. The van der Waals surface area contributed by atoms with Gasteiger partial charge in [0.25, 0.3) is 0 Å². The van der Waals surface area contributed by atoms with Crippen molar-refractivity contribution in [2.24, 2.45) is 0 Å². The van der Waals surface area contributed by atoms with Crippen molar-refractivity contribution in [3.05, 3.63) is 70.2 Å². The molecule has 2 rings (SSSR count). The number of rotatable bonds is 4. The molecule has 2 aromatic carbocycles. The molecule has 0 aliphatic carbocycles. The van der Waals surface area contributed by atoms with Crippen LogP contribution in [0.4, 0.5) is 0 Å². The smallest absolute Gasteiger partial charge is 0.227 e. The molecule has 0 N–H and O–H groups in total. The quantitative estimate of drug-likeness (QED) is 0.836. The van der Waals surface area contributed by atoms with Crippen molar-refractivity contribution in [1.29, 1.82) is 0 Å². The van der Waals surface area contributed by atoms with Crippen LogP contribution in [0.25, 0.3) is 0 Å². The van der Waals surface area contributed by atoms with Gasteiger partial charge < -0.3 is 4.90 Å². The average molecular weight is 288 g/mol. The largest absolute Gasteiger partial charge is 0.341 e. The van der Waals surface area contributed by atoms with Crippen LogP contribution in [-0.4, -0.2) is 17.9 Å². The number of carbonyl (C=O) groups excluding carboxylic acids is 1. The lowest BCUT2D eigenvalue weighted by Crippen LogP contribution is -2.27. The SMILES string of the molecule is Cc1ccccc1CC(=O)N(C)Cc1ccc(Cl)cc1. The Balaban J connectivity index is 1.99. The van der Waals surface area contributed by atoms with Gasteiger partial charge in [0, 0.05) is 18.6 Å². The van der Waals surface area contributed by atoms with Gasteiger partial charge >= 0.3 is 0 Å². The fourth-order valence-corrected chi connectivity index (χ4v) is 2.18. The number of aryl methyl sites for hydroxylation is 1. The zero-order valence-electron chi connectivity index (χ0n) is 11.8. The normalized spacial score (nSPS) is 10.3. The van der Waals surface area contributed by atoms with E-state index in [1.54, 1.807) is 4.90 Å². The predicted octanol–water partition coefficient (Wildman–Crippen LogP) is 3.85. The number of hydrogen-bond acceptors (Lipinski definition) is 1. The molecule has 3 heteroatoms. The second kappa shape index (κ2) is 6.58. The topological polar surface area (TPSA) is 20.3 Å². The summed E-state index contributed by atoms with van der Waals surface area (Å²) in [4.78, 5) is 14.0. The molecule has 0 saturated carbocycles. The van der Waals surface area contributed by atoms with E-state index >= 15 is 0 Å². The summed E-state index contributed by atoms with van der Waals surface area (Å²) in [6.07, 6.45) is 0.441. The fraction of sp³-hybridized carbons (Fsp3) is 0.235. The van der Waals surface area contributed by atoms with Gasteiger partial charge in [0.15, 0.2) is 0 Å². The van der Waals surface area contributed by atoms with E-state index in [0.717, 1.165) is 16.7 Å². The van der Waals surface area contributed by atoms with Crippen LogP contribution in [0.15, 0.2) is 48.5 Å². The third-order valence-electron chi connectivity index (χ3n) is 3.36. The third kappa shape index (κ3) is 3.84. The molecule has 0 aliphatic heterocycles. The summed E-state index contributed by atoms with van der Waals surface area (Å²) in [5.74, 6) is 0.120. The zero-order chi connectivity index (χ0) is 14.5. The maximum absolute atomic E-state index is 12.2. The van der Waals surface area contributed by atoms with E-state index < -0.39 is 0 Å². The summed E-state index contributed by atoms with van der Waals surface area (Å²) in [5, 5.41) is 0.711. The van der Waals surface area contributed by atoms with Crippen LogP contribution < -0.4 is 0 Å². The van der Waals surface area contributed by atoms with Gasteiger partial charge in [0.2, 0.25) is 5.91 Å². The Labute approximate surface area is 125 Å². The summed E-state index contributed by atoms with van der Waals surface area (Å²) >= 11 is 5.85. The van der Waals surface area contributed by atoms with Crippen molar-refractivity contribution >= 4 is 17.5 Å². The molecule has 0 bridgehead atoms. The summed E-state index contributed by atoms with van der Waals surface area (Å²) in [6, 6.07) is 15.6. The van der Waals surface area contributed by atoms with Crippen molar-refractivity contribution in [2.75, 3.05) is 7.05 Å². The molecule has 0 unspecified atom stereocenters. The molecule has 0 saturated heterocycles. The van der Waals surface area contributed by atoms with Crippen LogP contribution in [0.2, 0.25) is 5.02 Å². The highest BCUT2D eigenvalue weighted by Crippen LogP contribution is 2.13. The number of benzene rings is 2. The summed E-state index contributed by atoms with van der Waals surface area (Å²) in [5.41, 5.74) is 3.32. The van der Waals surface area contributed by atoms with Crippen molar-refractivity contribution < 1.29 is 4.79 Å². The monoisotopic (exact) mass is 287 g/mol.